The van der Waals surface area contributed by atoms with Crippen LogP contribution in [-0.2, 0) is 0 Å². The van der Waals surface area contributed by atoms with Gasteiger partial charge in [0.05, 0.1) is 13.3 Å². The van der Waals surface area contributed by atoms with Crippen LogP contribution in [0.4, 0.5) is 11.6 Å². The van der Waals surface area contributed by atoms with E-state index in [-0.39, 0.29) is 0 Å². The highest BCUT2D eigenvalue weighted by Gasteiger charge is 2.05. The van der Waals surface area contributed by atoms with Gasteiger partial charge in [-0.05, 0) is 30.2 Å². The number of H-pyrrole nitrogens is 1. The van der Waals surface area contributed by atoms with Crippen LogP contribution < -0.4 is 10.1 Å². The number of hydrogen-bond donors (Lipinski definition) is 2. The third-order valence-corrected chi connectivity index (χ3v) is 3.00. The number of ether oxygens (including phenoxy) is 1. The number of methoxy groups -OCH3 is 1. The molecule has 0 spiro atoms. The second-order valence-electron chi connectivity index (χ2n) is 4.62. The maximum absolute atomic E-state index is 5.10. The van der Waals surface area contributed by atoms with Crippen molar-refractivity contribution in [3.8, 4) is 17.0 Å². The lowest BCUT2D eigenvalue weighted by molar-refractivity contribution is 0.397. The van der Waals surface area contributed by atoms with E-state index in [2.05, 4.69) is 31.5 Å². The van der Waals surface area contributed by atoms with Gasteiger partial charge in [-0.3, -0.25) is 5.10 Å². The lowest BCUT2D eigenvalue weighted by Gasteiger charge is -2.09. The fourth-order valence-corrected chi connectivity index (χ4v) is 2.08. The molecule has 0 aliphatic heterocycles. The van der Waals surface area contributed by atoms with E-state index in [0.717, 1.165) is 22.4 Å². The van der Waals surface area contributed by atoms with Crippen LogP contribution in [0.2, 0.25) is 0 Å². The van der Waals surface area contributed by atoms with E-state index in [1.807, 2.05) is 25.3 Å². The standard InChI is InChI=1S/C15H15N5O/c1-10-5-11(12-8-17-18-9-12)7-13(6-10)19-15-16-4-3-14(20-15)21-2/h3-9H,1-2H3,(H,17,18)(H,16,19,20). The maximum Gasteiger partial charge on any atom is 0.230 e. The highest BCUT2D eigenvalue weighted by atomic mass is 16.5. The lowest BCUT2D eigenvalue weighted by Crippen LogP contribution is -1.98. The van der Waals surface area contributed by atoms with Gasteiger partial charge < -0.3 is 10.1 Å². The smallest absolute Gasteiger partial charge is 0.230 e. The molecule has 1 aromatic carbocycles. The molecule has 0 radical (unpaired) electrons. The van der Waals surface area contributed by atoms with Crippen molar-refractivity contribution >= 4 is 11.6 Å². The van der Waals surface area contributed by atoms with Crippen LogP contribution in [0.5, 0.6) is 5.88 Å². The van der Waals surface area contributed by atoms with Crippen LogP contribution in [0, 0.1) is 6.92 Å². The molecule has 0 saturated carbocycles. The Morgan fingerprint density at radius 1 is 1.19 bits per heavy atom. The number of aromatic amines is 1. The minimum atomic E-state index is 0.498. The highest BCUT2D eigenvalue weighted by molar-refractivity contribution is 5.70. The first-order valence-corrected chi connectivity index (χ1v) is 6.49. The summed E-state index contributed by atoms with van der Waals surface area (Å²) in [4.78, 5) is 8.43. The van der Waals surface area contributed by atoms with E-state index in [0.29, 0.717) is 11.8 Å². The van der Waals surface area contributed by atoms with E-state index in [9.17, 15) is 0 Å². The van der Waals surface area contributed by atoms with Gasteiger partial charge in [0.2, 0.25) is 11.8 Å². The number of anilines is 2. The Morgan fingerprint density at radius 3 is 2.86 bits per heavy atom. The van der Waals surface area contributed by atoms with Gasteiger partial charge in [0.1, 0.15) is 0 Å². The van der Waals surface area contributed by atoms with Crippen molar-refractivity contribution in [1.82, 2.24) is 20.2 Å². The van der Waals surface area contributed by atoms with Gasteiger partial charge in [0.15, 0.2) is 0 Å². The van der Waals surface area contributed by atoms with E-state index >= 15 is 0 Å². The summed E-state index contributed by atoms with van der Waals surface area (Å²) in [6.45, 7) is 2.04. The van der Waals surface area contributed by atoms with E-state index in [1.54, 1.807) is 25.6 Å². The summed E-state index contributed by atoms with van der Waals surface area (Å²) in [6, 6.07) is 7.87. The molecule has 0 aliphatic carbocycles. The molecule has 0 bridgehead atoms. The molecule has 6 heteroatoms. The van der Waals surface area contributed by atoms with E-state index in [4.69, 9.17) is 4.74 Å². The molecular formula is C15H15N5O. The predicted molar refractivity (Wildman–Crippen MR) is 80.6 cm³/mol. The first kappa shape index (κ1) is 13.1. The van der Waals surface area contributed by atoms with Crippen LogP contribution in [0.1, 0.15) is 5.56 Å². The minimum Gasteiger partial charge on any atom is -0.481 e. The number of nitrogens with one attached hydrogen (secondary N) is 2. The van der Waals surface area contributed by atoms with Crippen LogP contribution in [0.25, 0.3) is 11.1 Å². The fourth-order valence-electron chi connectivity index (χ4n) is 2.08. The van der Waals surface area contributed by atoms with Crippen molar-refractivity contribution in [2.24, 2.45) is 0 Å². The maximum atomic E-state index is 5.10. The summed E-state index contributed by atoms with van der Waals surface area (Å²) in [5.41, 5.74) is 4.17. The number of benzene rings is 1. The molecule has 0 fully saturated rings. The third-order valence-electron chi connectivity index (χ3n) is 3.00. The fraction of sp³-hybridized carbons (Fsp3) is 0.133. The minimum absolute atomic E-state index is 0.498. The van der Waals surface area contributed by atoms with Crippen LogP contribution >= 0.6 is 0 Å². The molecular weight excluding hydrogens is 266 g/mol. The van der Waals surface area contributed by atoms with Crippen LogP contribution in [-0.4, -0.2) is 27.3 Å². The molecule has 3 aromatic rings. The summed E-state index contributed by atoms with van der Waals surface area (Å²) in [6.07, 6.45) is 5.31. The predicted octanol–water partition coefficient (Wildman–Crippen LogP) is 2.93. The van der Waals surface area contributed by atoms with Crippen LogP contribution in [0.15, 0.2) is 42.9 Å². The summed E-state index contributed by atoms with van der Waals surface area (Å²) in [7, 11) is 1.58. The molecule has 2 heterocycles. The molecule has 106 valence electrons. The zero-order valence-electron chi connectivity index (χ0n) is 11.8. The number of nitrogens with zero attached hydrogens (tertiary/aromatic N) is 3. The van der Waals surface area contributed by atoms with Gasteiger partial charge in [-0.15, -0.1) is 0 Å². The van der Waals surface area contributed by atoms with E-state index in [1.165, 1.54) is 0 Å². The van der Waals surface area contributed by atoms with Gasteiger partial charge in [0, 0.05) is 29.7 Å². The third kappa shape index (κ3) is 3.00. The number of hydrogen-bond acceptors (Lipinski definition) is 5. The second kappa shape index (κ2) is 5.62. The van der Waals surface area contributed by atoms with Crippen molar-refractivity contribution < 1.29 is 4.74 Å². The van der Waals surface area contributed by atoms with Gasteiger partial charge >= 0.3 is 0 Å². The Hall–Kier alpha value is -2.89. The Bertz CT molecular complexity index is 740. The molecule has 2 N–H and O–H groups in total. The SMILES string of the molecule is COc1ccnc(Nc2cc(C)cc(-c3cn[nH]c3)c2)n1. The molecule has 3 rings (SSSR count). The first-order chi connectivity index (χ1) is 10.2. The Balaban J connectivity index is 1.91. The molecule has 0 unspecified atom stereocenters. The van der Waals surface area contributed by atoms with Gasteiger partial charge in [-0.2, -0.15) is 10.1 Å². The van der Waals surface area contributed by atoms with Crippen molar-refractivity contribution in [2.75, 3.05) is 12.4 Å². The topological polar surface area (TPSA) is 75.7 Å². The van der Waals surface area contributed by atoms with Crippen LogP contribution in [0.3, 0.4) is 0 Å². The number of aryl methyl sites for hydroxylation is 1. The summed E-state index contributed by atoms with van der Waals surface area (Å²) < 4.78 is 5.10. The normalized spacial score (nSPS) is 10.4. The molecule has 0 saturated heterocycles. The first-order valence-electron chi connectivity index (χ1n) is 6.49. The number of aromatic nitrogens is 4. The Labute approximate surface area is 122 Å². The molecule has 21 heavy (non-hydrogen) atoms. The van der Waals surface area contributed by atoms with E-state index < -0.39 is 0 Å². The largest absolute Gasteiger partial charge is 0.481 e. The second-order valence-corrected chi connectivity index (χ2v) is 4.62. The van der Waals surface area contributed by atoms with Gasteiger partial charge in [0.25, 0.3) is 0 Å². The Morgan fingerprint density at radius 2 is 2.10 bits per heavy atom. The zero-order chi connectivity index (χ0) is 14.7. The summed E-state index contributed by atoms with van der Waals surface area (Å²) in [5.74, 6) is 1.02. The van der Waals surface area contributed by atoms with Crippen molar-refractivity contribution in [3.63, 3.8) is 0 Å². The van der Waals surface area contributed by atoms with Crippen molar-refractivity contribution in [2.45, 2.75) is 6.92 Å². The van der Waals surface area contributed by atoms with Crippen molar-refractivity contribution in [3.05, 3.63) is 48.4 Å². The molecule has 0 aliphatic rings. The molecule has 0 amide bonds. The summed E-state index contributed by atoms with van der Waals surface area (Å²) >= 11 is 0. The Kier molecular flexibility index (Phi) is 3.51. The van der Waals surface area contributed by atoms with Gasteiger partial charge in [-0.1, -0.05) is 6.07 Å². The highest BCUT2D eigenvalue weighted by Crippen LogP contribution is 2.25. The van der Waals surface area contributed by atoms with Gasteiger partial charge in [-0.25, -0.2) is 4.98 Å². The average Bonchev–Trinajstić information content (AvgIpc) is 3.01. The monoisotopic (exact) mass is 281 g/mol. The number of rotatable bonds is 4. The molecule has 0 atom stereocenters. The average molecular weight is 281 g/mol. The van der Waals surface area contributed by atoms with Crippen molar-refractivity contribution in [1.29, 1.82) is 0 Å². The zero-order valence-corrected chi connectivity index (χ0v) is 11.8. The molecule has 6 nitrogen and oxygen atoms in total. The summed E-state index contributed by atoms with van der Waals surface area (Å²) in [5, 5.41) is 9.99. The quantitative estimate of drug-likeness (QED) is 0.769. The lowest BCUT2D eigenvalue weighted by atomic mass is 10.1. The molecule has 2 aromatic heterocycles.